The summed E-state index contributed by atoms with van der Waals surface area (Å²) in [4.78, 5) is 12.1. The van der Waals surface area contributed by atoms with E-state index < -0.39 is 0 Å². The molecule has 0 spiro atoms. The van der Waals surface area contributed by atoms with Crippen molar-refractivity contribution in [2.45, 2.75) is 26.3 Å². The highest BCUT2D eigenvalue weighted by Crippen LogP contribution is 2.21. The van der Waals surface area contributed by atoms with Gasteiger partial charge < -0.3 is 15.4 Å². The molecule has 2 N–H and O–H groups in total. The Kier molecular flexibility index (Phi) is 7.48. The standard InChI is InChI=1S/C21H28N2O2/c1-16(2)21(18-10-5-4-6-11-18)23-15-20(24)22-14-13-17-9-7-8-12-19(17)25-3/h4-12,16,21,23H,13-15H2,1-3H3,(H,22,24)/t21-/m0/s1. The van der Waals surface area contributed by atoms with Gasteiger partial charge in [-0.05, 0) is 29.5 Å². The molecule has 2 aromatic rings. The molecule has 25 heavy (non-hydrogen) atoms. The van der Waals surface area contributed by atoms with E-state index in [0.29, 0.717) is 19.0 Å². The van der Waals surface area contributed by atoms with Crippen molar-refractivity contribution in [3.05, 3.63) is 65.7 Å². The van der Waals surface area contributed by atoms with E-state index in [4.69, 9.17) is 4.74 Å². The molecule has 0 aliphatic carbocycles. The number of carbonyl (C=O) groups excluding carboxylic acids is 1. The lowest BCUT2D eigenvalue weighted by Crippen LogP contribution is -2.38. The smallest absolute Gasteiger partial charge is 0.233 e. The second-order valence-corrected chi connectivity index (χ2v) is 6.43. The first kappa shape index (κ1) is 19.0. The lowest BCUT2D eigenvalue weighted by atomic mass is 9.96. The van der Waals surface area contributed by atoms with E-state index in [1.54, 1.807) is 7.11 Å². The first-order chi connectivity index (χ1) is 12.1. The summed E-state index contributed by atoms with van der Waals surface area (Å²) in [6.45, 7) is 5.22. The molecular formula is C21H28N2O2. The summed E-state index contributed by atoms with van der Waals surface area (Å²) >= 11 is 0. The Morgan fingerprint density at radius 2 is 1.72 bits per heavy atom. The van der Waals surface area contributed by atoms with Gasteiger partial charge in [-0.25, -0.2) is 0 Å². The third-order valence-corrected chi connectivity index (χ3v) is 4.22. The molecule has 0 aliphatic rings. The van der Waals surface area contributed by atoms with Gasteiger partial charge in [-0.15, -0.1) is 0 Å². The molecule has 0 aliphatic heterocycles. The maximum atomic E-state index is 12.1. The molecule has 0 fully saturated rings. The van der Waals surface area contributed by atoms with Crippen LogP contribution in [-0.2, 0) is 11.2 Å². The van der Waals surface area contributed by atoms with E-state index >= 15 is 0 Å². The molecule has 2 rings (SSSR count). The monoisotopic (exact) mass is 340 g/mol. The number of methoxy groups -OCH3 is 1. The van der Waals surface area contributed by atoms with Gasteiger partial charge in [-0.1, -0.05) is 62.4 Å². The summed E-state index contributed by atoms with van der Waals surface area (Å²) in [5.74, 6) is 1.28. The number of nitrogens with one attached hydrogen (secondary N) is 2. The maximum Gasteiger partial charge on any atom is 0.233 e. The van der Waals surface area contributed by atoms with E-state index in [-0.39, 0.29) is 11.9 Å². The summed E-state index contributed by atoms with van der Waals surface area (Å²) in [5.41, 5.74) is 2.31. The minimum atomic E-state index is 0.0106. The van der Waals surface area contributed by atoms with Crippen molar-refractivity contribution in [1.29, 1.82) is 0 Å². The fourth-order valence-electron chi connectivity index (χ4n) is 2.91. The Hall–Kier alpha value is -2.33. The minimum Gasteiger partial charge on any atom is -0.496 e. The van der Waals surface area contributed by atoms with Gasteiger partial charge in [-0.3, -0.25) is 4.79 Å². The van der Waals surface area contributed by atoms with Crippen molar-refractivity contribution in [1.82, 2.24) is 10.6 Å². The van der Waals surface area contributed by atoms with E-state index in [0.717, 1.165) is 17.7 Å². The maximum absolute atomic E-state index is 12.1. The number of carbonyl (C=O) groups is 1. The third-order valence-electron chi connectivity index (χ3n) is 4.22. The molecular weight excluding hydrogens is 312 g/mol. The lowest BCUT2D eigenvalue weighted by Gasteiger charge is -2.22. The fourth-order valence-corrected chi connectivity index (χ4v) is 2.91. The van der Waals surface area contributed by atoms with Gasteiger partial charge >= 0.3 is 0 Å². The van der Waals surface area contributed by atoms with Crippen LogP contribution in [0.25, 0.3) is 0 Å². The number of benzene rings is 2. The largest absolute Gasteiger partial charge is 0.496 e. The molecule has 0 saturated carbocycles. The highest BCUT2D eigenvalue weighted by Gasteiger charge is 2.16. The van der Waals surface area contributed by atoms with Gasteiger partial charge in [0.15, 0.2) is 0 Å². The average Bonchev–Trinajstić information content (AvgIpc) is 2.63. The highest BCUT2D eigenvalue weighted by atomic mass is 16.5. The first-order valence-electron chi connectivity index (χ1n) is 8.78. The van der Waals surface area contributed by atoms with Crippen LogP contribution in [0.2, 0.25) is 0 Å². The van der Waals surface area contributed by atoms with E-state index in [1.807, 2.05) is 42.5 Å². The van der Waals surface area contributed by atoms with E-state index in [2.05, 4.69) is 36.6 Å². The van der Waals surface area contributed by atoms with Gasteiger partial charge in [0, 0.05) is 12.6 Å². The summed E-state index contributed by atoms with van der Waals surface area (Å²) in [6, 6.07) is 18.3. The van der Waals surface area contributed by atoms with Crippen LogP contribution < -0.4 is 15.4 Å². The Morgan fingerprint density at radius 1 is 1.04 bits per heavy atom. The molecule has 0 aromatic heterocycles. The molecule has 4 nitrogen and oxygen atoms in total. The van der Waals surface area contributed by atoms with Crippen molar-refractivity contribution < 1.29 is 9.53 Å². The Balaban J connectivity index is 1.79. The molecule has 0 saturated heterocycles. The normalized spacial score (nSPS) is 12.0. The summed E-state index contributed by atoms with van der Waals surface area (Å²) in [5, 5.41) is 6.34. The Bertz CT molecular complexity index is 656. The average molecular weight is 340 g/mol. The third kappa shape index (κ3) is 5.91. The lowest BCUT2D eigenvalue weighted by molar-refractivity contribution is -0.120. The minimum absolute atomic E-state index is 0.0106. The zero-order chi connectivity index (χ0) is 18.1. The predicted molar refractivity (Wildman–Crippen MR) is 102 cm³/mol. The van der Waals surface area contributed by atoms with Gasteiger partial charge in [0.1, 0.15) is 5.75 Å². The van der Waals surface area contributed by atoms with Crippen molar-refractivity contribution in [3.63, 3.8) is 0 Å². The molecule has 1 atom stereocenters. The molecule has 2 aromatic carbocycles. The molecule has 134 valence electrons. The van der Waals surface area contributed by atoms with Gasteiger partial charge in [0.2, 0.25) is 5.91 Å². The Morgan fingerprint density at radius 3 is 2.40 bits per heavy atom. The second kappa shape index (κ2) is 9.84. The molecule has 0 unspecified atom stereocenters. The fraction of sp³-hybridized carbons (Fsp3) is 0.381. The van der Waals surface area contributed by atoms with Crippen LogP contribution in [0.4, 0.5) is 0 Å². The van der Waals surface area contributed by atoms with Crippen LogP contribution in [-0.4, -0.2) is 26.1 Å². The van der Waals surface area contributed by atoms with Crippen LogP contribution >= 0.6 is 0 Å². The van der Waals surface area contributed by atoms with Gasteiger partial charge in [0.05, 0.1) is 13.7 Å². The molecule has 4 heteroatoms. The van der Waals surface area contributed by atoms with Gasteiger partial charge in [0.25, 0.3) is 0 Å². The number of para-hydroxylation sites is 1. The number of amides is 1. The number of ether oxygens (including phenoxy) is 1. The molecule has 0 bridgehead atoms. The summed E-state index contributed by atoms with van der Waals surface area (Å²) < 4.78 is 5.33. The van der Waals surface area contributed by atoms with Crippen LogP contribution in [0.1, 0.15) is 31.0 Å². The van der Waals surface area contributed by atoms with Crippen molar-refractivity contribution >= 4 is 5.91 Å². The zero-order valence-corrected chi connectivity index (χ0v) is 15.3. The quantitative estimate of drug-likeness (QED) is 0.736. The number of hydrogen-bond acceptors (Lipinski definition) is 3. The number of rotatable bonds is 9. The topological polar surface area (TPSA) is 50.4 Å². The number of hydrogen-bond donors (Lipinski definition) is 2. The van der Waals surface area contributed by atoms with Crippen molar-refractivity contribution in [2.24, 2.45) is 5.92 Å². The zero-order valence-electron chi connectivity index (χ0n) is 15.3. The molecule has 1 amide bonds. The summed E-state index contributed by atoms with van der Waals surface area (Å²) in [7, 11) is 1.66. The molecule has 0 radical (unpaired) electrons. The van der Waals surface area contributed by atoms with E-state index in [1.165, 1.54) is 5.56 Å². The predicted octanol–water partition coefficient (Wildman–Crippen LogP) is 3.34. The van der Waals surface area contributed by atoms with Gasteiger partial charge in [-0.2, -0.15) is 0 Å². The first-order valence-corrected chi connectivity index (χ1v) is 8.78. The van der Waals surface area contributed by atoms with Crippen molar-refractivity contribution in [3.8, 4) is 5.75 Å². The highest BCUT2D eigenvalue weighted by molar-refractivity contribution is 5.78. The van der Waals surface area contributed by atoms with Crippen LogP contribution in [0, 0.1) is 5.92 Å². The van der Waals surface area contributed by atoms with Crippen molar-refractivity contribution in [2.75, 3.05) is 20.2 Å². The van der Waals surface area contributed by atoms with Crippen LogP contribution in [0.15, 0.2) is 54.6 Å². The SMILES string of the molecule is COc1ccccc1CCNC(=O)CN[C@H](c1ccccc1)C(C)C. The Labute approximate surface area is 150 Å². The van der Waals surface area contributed by atoms with E-state index in [9.17, 15) is 4.79 Å². The summed E-state index contributed by atoms with van der Waals surface area (Å²) in [6.07, 6.45) is 0.752. The second-order valence-electron chi connectivity index (χ2n) is 6.43. The molecule has 0 heterocycles. The van der Waals surface area contributed by atoms with Crippen LogP contribution in [0.3, 0.4) is 0 Å². The van der Waals surface area contributed by atoms with Crippen LogP contribution in [0.5, 0.6) is 5.75 Å².